The molecule has 0 N–H and O–H groups in total. The lowest BCUT2D eigenvalue weighted by atomic mass is 9.73. The van der Waals surface area contributed by atoms with E-state index in [0.717, 1.165) is 0 Å². The van der Waals surface area contributed by atoms with E-state index < -0.39 is 0 Å². The predicted octanol–water partition coefficient (Wildman–Crippen LogP) is 8.09. The van der Waals surface area contributed by atoms with Gasteiger partial charge in [0.05, 0.1) is 6.10 Å². The molecule has 0 saturated heterocycles. The molecule has 144 valence electrons. The Morgan fingerprint density at radius 2 is 0.640 bits per heavy atom. The van der Waals surface area contributed by atoms with Gasteiger partial charge in [-0.1, -0.05) is 69.2 Å². The molecule has 0 bridgehead atoms. The Bertz CT molecular complexity index is 533. The average molecular weight is 347 g/mol. The molecule has 0 fully saturated rings. The fourth-order valence-electron chi connectivity index (χ4n) is 4.20. The zero-order valence-corrected chi connectivity index (χ0v) is 18.9. The third-order valence-corrected chi connectivity index (χ3v) is 4.89. The maximum absolute atomic E-state index is 6.52. The Labute approximate surface area is 157 Å². The largest absolute Gasteiger partial charge is 0.490 e. The number of hydrogen-bond donors (Lipinski definition) is 0. The van der Waals surface area contributed by atoms with Crippen LogP contribution in [0.2, 0.25) is 0 Å². The van der Waals surface area contributed by atoms with E-state index in [-0.39, 0.29) is 6.10 Å². The van der Waals surface area contributed by atoms with Crippen LogP contribution in [0, 0.1) is 0 Å². The van der Waals surface area contributed by atoms with Gasteiger partial charge >= 0.3 is 0 Å². The van der Waals surface area contributed by atoms with Gasteiger partial charge in [0.15, 0.2) is 0 Å². The van der Waals surface area contributed by atoms with Crippen molar-refractivity contribution in [1.82, 2.24) is 0 Å². The SMILES string of the molecule is CC(C)Oc1c(C(C)C)c(C(C)C)c(C(C)C)c(C(C)C)c1C(C)C. The summed E-state index contributed by atoms with van der Waals surface area (Å²) in [6.07, 6.45) is 0.194. The molecule has 0 unspecified atom stereocenters. The number of ether oxygens (including phenoxy) is 1. The summed E-state index contributed by atoms with van der Waals surface area (Å²) in [4.78, 5) is 0. The van der Waals surface area contributed by atoms with Gasteiger partial charge in [0.2, 0.25) is 0 Å². The van der Waals surface area contributed by atoms with Gasteiger partial charge < -0.3 is 4.74 Å². The number of rotatable bonds is 7. The number of benzene rings is 1. The monoisotopic (exact) mass is 346 g/mol. The molecule has 1 aromatic carbocycles. The fourth-order valence-corrected chi connectivity index (χ4v) is 4.20. The minimum absolute atomic E-state index is 0.194. The summed E-state index contributed by atoms with van der Waals surface area (Å²) >= 11 is 0. The first-order valence-electron chi connectivity index (χ1n) is 10.3. The van der Waals surface area contributed by atoms with E-state index in [0.29, 0.717) is 29.6 Å². The zero-order chi connectivity index (χ0) is 19.6. The molecule has 1 rings (SSSR count). The molecule has 0 aliphatic heterocycles. The van der Waals surface area contributed by atoms with Gasteiger partial charge in [0.1, 0.15) is 5.75 Å². The van der Waals surface area contributed by atoms with Gasteiger partial charge in [-0.05, 0) is 60.1 Å². The minimum atomic E-state index is 0.194. The quantitative estimate of drug-likeness (QED) is 0.484. The van der Waals surface area contributed by atoms with E-state index in [2.05, 4.69) is 83.1 Å². The van der Waals surface area contributed by atoms with Crippen LogP contribution in [-0.4, -0.2) is 6.10 Å². The van der Waals surface area contributed by atoms with Crippen molar-refractivity contribution in [2.75, 3.05) is 0 Å². The highest BCUT2D eigenvalue weighted by molar-refractivity contribution is 5.61. The molecule has 0 heterocycles. The third-order valence-electron chi connectivity index (χ3n) is 4.89. The first-order chi connectivity index (χ1) is 11.4. The lowest BCUT2D eigenvalue weighted by Crippen LogP contribution is -2.19. The van der Waals surface area contributed by atoms with E-state index in [1.807, 2.05) is 0 Å². The molecule has 0 spiro atoms. The van der Waals surface area contributed by atoms with Gasteiger partial charge in [-0.25, -0.2) is 0 Å². The van der Waals surface area contributed by atoms with Crippen LogP contribution in [-0.2, 0) is 0 Å². The topological polar surface area (TPSA) is 9.23 Å². The summed E-state index contributed by atoms with van der Waals surface area (Å²) in [6.45, 7) is 27.6. The minimum Gasteiger partial charge on any atom is -0.490 e. The van der Waals surface area contributed by atoms with Crippen molar-refractivity contribution < 1.29 is 4.74 Å². The fraction of sp³-hybridized carbons (Fsp3) is 0.750. The maximum Gasteiger partial charge on any atom is 0.127 e. The number of hydrogen-bond acceptors (Lipinski definition) is 1. The lowest BCUT2D eigenvalue weighted by Gasteiger charge is -2.34. The van der Waals surface area contributed by atoms with Gasteiger partial charge in [-0.15, -0.1) is 0 Å². The lowest BCUT2D eigenvalue weighted by molar-refractivity contribution is 0.235. The van der Waals surface area contributed by atoms with Crippen molar-refractivity contribution >= 4 is 0 Å². The second-order valence-electron chi connectivity index (χ2n) is 9.34. The van der Waals surface area contributed by atoms with Crippen LogP contribution < -0.4 is 4.74 Å². The van der Waals surface area contributed by atoms with Crippen molar-refractivity contribution in [3.05, 3.63) is 27.8 Å². The van der Waals surface area contributed by atoms with Crippen molar-refractivity contribution in [3.63, 3.8) is 0 Å². The van der Waals surface area contributed by atoms with Crippen molar-refractivity contribution in [3.8, 4) is 5.75 Å². The Balaban J connectivity index is 4.17. The van der Waals surface area contributed by atoms with Crippen LogP contribution in [0.3, 0.4) is 0 Å². The Morgan fingerprint density at radius 3 is 0.840 bits per heavy atom. The molecule has 0 atom stereocenters. The molecule has 1 heteroatoms. The predicted molar refractivity (Wildman–Crippen MR) is 113 cm³/mol. The van der Waals surface area contributed by atoms with Crippen LogP contribution in [0.5, 0.6) is 5.75 Å². The van der Waals surface area contributed by atoms with Gasteiger partial charge in [0.25, 0.3) is 0 Å². The highest BCUT2D eigenvalue weighted by atomic mass is 16.5. The van der Waals surface area contributed by atoms with Crippen LogP contribution in [0.25, 0.3) is 0 Å². The normalized spacial score (nSPS) is 12.6. The second-order valence-corrected chi connectivity index (χ2v) is 9.34. The average Bonchev–Trinajstić information content (AvgIpc) is 2.43. The van der Waals surface area contributed by atoms with Gasteiger partial charge in [-0.2, -0.15) is 0 Å². The Hall–Kier alpha value is -0.980. The maximum atomic E-state index is 6.52. The van der Waals surface area contributed by atoms with Gasteiger partial charge in [-0.3, -0.25) is 0 Å². The molecule has 0 saturated carbocycles. The molecule has 1 nitrogen and oxygen atoms in total. The molecule has 0 aliphatic carbocycles. The van der Waals surface area contributed by atoms with Crippen molar-refractivity contribution in [2.24, 2.45) is 0 Å². The van der Waals surface area contributed by atoms with E-state index in [9.17, 15) is 0 Å². The standard InChI is InChI=1S/C24H42O/c1-13(2)19-20(14(3)4)22(16(7)8)24(25-18(11)12)23(17(9)10)21(19)15(5)6/h13-18H,1-12H3. The third kappa shape index (κ3) is 4.60. The summed E-state index contributed by atoms with van der Waals surface area (Å²) in [5.74, 6) is 3.63. The van der Waals surface area contributed by atoms with Crippen LogP contribution in [0.15, 0.2) is 0 Å². The highest BCUT2D eigenvalue weighted by Crippen LogP contribution is 2.48. The van der Waals surface area contributed by atoms with Gasteiger partial charge in [0, 0.05) is 11.1 Å². The molecule has 0 aliphatic rings. The Kier molecular flexibility index (Phi) is 7.59. The van der Waals surface area contributed by atoms with E-state index in [1.165, 1.54) is 28.0 Å². The molecule has 1 aromatic rings. The first-order valence-corrected chi connectivity index (χ1v) is 10.3. The van der Waals surface area contributed by atoms with Crippen LogP contribution >= 0.6 is 0 Å². The van der Waals surface area contributed by atoms with E-state index in [1.54, 1.807) is 5.56 Å². The molecule has 25 heavy (non-hydrogen) atoms. The summed E-state index contributed by atoms with van der Waals surface area (Å²) in [7, 11) is 0. The summed E-state index contributed by atoms with van der Waals surface area (Å²) in [5, 5.41) is 0. The summed E-state index contributed by atoms with van der Waals surface area (Å²) < 4.78 is 6.52. The molecular weight excluding hydrogens is 304 g/mol. The molecule has 0 amide bonds. The van der Waals surface area contributed by atoms with Crippen LogP contribution in [0.4, 0.5) is 0 Å². The summed E-state index contributed by atoms with van der Waals surface area (Å²) in [5.41, 5.74) is 7.54. The van der Waals surface area contributed by atoms with E-state index >= 15 is 0 Å². The van der Waals surface area contributed by atoms with E-state index in [4.69, 9.17) is 4.74 Å². The zero-order valence-electron chi connectivity index (χ0n) is 18.9. The Morgan fingerprint density at radius 1 is 0.400 bits per heavy atom. The van der Waals surface area contributed by atoms with Crippen LogP contribution in [0.1, 0.15) is 140 Å². The first kappa shape index (κ1) is 22.1. The second kappa shape index (κ2) is 8.60. The molecule has 0 radical (unpaired) electrons. The highest BCUT2D eigenvalue weighted by Gasteiger charge is 2.31. The molecular formula is C24H42O. The summed E-state index contributed by atoms with van der Waals surface area (Å²) in [6, 6.07) is 0. The van der Waals surface area contributed by atoms with Crippen molar-refractivity contribution in [2.45, 2.75) is 119 Å². The van der Waals surface area contributed by atoms with Crippen molar-refractivity contribution in [1.29, 1.82) is 0 Å². The molecule has 0 aromatic heterocycles. The smallest absolute Gasteiger partial charge is 0.127 e.